The lowest BCUT2D eigenvalue weighted by molar-refractivity contribution is -0.111. The van der Waals surface area contributed by atoms with Gasteiger partial charge in [0.15, 0.2) is 0 Å². The zero-order valence-corrected chi connectivity index (χ0v) is 8.64. The maximum absolute atomic E-state index is 9.58. The Bertz CT molecular complexity index is 222. The minimum atomic E-state index is -0.273. The number of carbonyl (C=O) groups excluding carboxylic acids is 1. The van der Waals surface area contributed by atoms with Crippen molar-refractivity contribution in [2.75, 3.05) is 0 Å². The molecular weight excluding hydrogens is 188 g/mol. The molecule has 0 aliphatic carbocycles. The van der Waals surface area contributed by atoms with Gasteiger partial charge in [0.2, 0.25) is 5.24 Å². The molecule has 1 rings (SSSR count). The molecule has 3 heteroatoms. The SMILES string of the molecule is CCC(=O)Cl.Cc1ccccc1.O. The van der Waals surface area contributed by atoms with Gasteiger partial charge in [-0.2, -0.15) is 0 Å². The van der Waals surface area contributed by atoms with Crippen molar-refractivity contribution in [1.29, 1.82) is 0 Å². The third kappa shape index (κ3) is 11.1. The zero-order valence-electron chi connectivity index (χ0n) is 7.88. The number of carbonyl (C=O) groups is 1. The summed E-state index contributed by atoms with van der Waals surface area (Å²) in [6.07, 6.45) is 0.432. The van der Waals surface area contributed by atoms with Crippen LogP contribution in [0.5, 0.6) is 0 Å². The maximum atomic E-state index is 9.58. The van der Waals surface area contributed by atoms with Crippen LogP contribution in [-0.2, 0) is 4.79 Å². The number of hydrogen-bond donors (Lipinski definition) is 0. The maximum Gasteiger partial charge on any atom is 0.221 e. The third-order valence-corrected chi connectivity index (χ3v) is 1.49. The van der Waals surface area contributed by atoms with E-state index in [1.165, 1.54) is 5.56 Å². The molecule has 2 nitrogen and oxygen atoms in total. The molecule has 13 heavy (non-hydrogen) atoms. The fraction of sp³-hybridized carbons (Fsp3) is 0.300. The van der Waals surface area contributed by atoms with E-state index in [1.54, 1.807) is 6.92 Å². The first-order valence-electron chi connectivity index (χ1n) is 3.86. The molecular formula is C10H15ClO2. The van der Waals surface area contributed by atoms with Crippen molar-refractivity contribution >= 4 is 16.8 Å². The Morgan fingerprint density at radius 1 is 1.31 bits per heavy atom. The lowest BCUT2D eigenvalue weighted by Crippen LogP contribution is -1.74. The van der Waals surface area contributed by atoms with Crippen molar-refractivity contribution in [2.24, 2.45) is 0 Å². The largest absolute Gasteiger partial charge is 0.412 e. The molecule has 0 saturated carbocycles. The molecule has 0 unspecified atom stereocenters. The van der Waals surface area contributed by atoms with E-state index >= 15 is 0 Å². The first-order valence-corrected chi connectivity index (χ1v) is 4.24. The Hall–Kier alpha value is -0.860. The first-order chi connectivity index (χ1) is 5.66. The zero-order chi connectivity index (χ0) is 9.40. The summed E-state index contributed by atoms with van der Waals surface area (Å²) in [4.78, 5) is 9.58. The summed E-state index contributed by atoms with van der Waals surface area (Å²) < 4.78 is 0. The van der Waals surface area contributed by atoms with Crippen LogP contribution in [-0.4, -0.2) is 10.7 Å². The number of rotatable bonds is 1. The number of benzene rings is 1. The van der Waals surface area contributed by atoms with E-state index in [1.807, 2.05) is 18.2 Å². The van der Waals surface area contributed by atoms with Crippen LogP contribution >= 0.6 is 11.6 Å². The van der Waals surface area contributed by atoms with Gasteiger partial charge in [-0.15, -0.1) is 0 Å². The predicted molar refractivity (Wildman–Crippen MR) is 55.9 cm³/mol. The predicted octanol–water partition coefficient (Wildman–Crippen LogP) is 2.33. The van der Waals surface area contributed by atoms with Crippen LogP contribution in [0, 0.1) is 6.92 Å². The molecule has 0 atom stereocenters. The van der Waals surface area contributed by atoms with Crippen molar-refractivity contribution in [1.82, 2.24) is 0 Å². The molecule has 0 saturated heterocycles. The first kappa shape index (κ1) is 14.7. The lowest BCUT2D eigenvalue weighted by atomic mass is 10.2. The lowest BCUT2D eigenvalue weighted by Gasteiger charge is -1.82. The Labute approximate surface area is 83.8 Å². The van der Waals surface area contributed by atoms with Crippen molar-refractivity contribution in [3.63, 3.8) is 0 Å². The molecule has 1 aromatic rings. The summed E-state index contributed by atoms with van der Waals surface area (Å²) in [5, 5.41) is -0.273. The Morgan fingerprint density at radius 3 is 1.85 bits per heavy atom. The molecule has 0 heterocycles. The van der Waals surface area contributed by atoms with Gasteiger partial charge >= 0.3 is 0 Å². The quantitative estimate of drug-likeness (QED) is 0.645. The van der Waals surface area contributed by atoms with Gasteiger partial charge in [0.1, 0.15) is 0 Å². The highest BCUT2D eigenvalue weighted by atomic mass is 35.5. The standard InChI is InChI=1S/C7H8.C3H5ClO.H2O/c1-7-5-3-2-4-6-7;1-2-3(4)5;/h2-6H,1H3;2H2,1H3;1H2. The topological polar surface area (TPSA) is 48.6 Å². The van der Waals surface area contributed by atoms with E-state index in [2.05, 4.69) is 19.1 Å². The van der Waals surface area contributed by atoms with Gasteiger partial charge in [0, 0.05) is 6.42 Å². The monoisotopic (exact) mass is 202 g/mol. The van der Waals surface area contributed by atoms with Crippen molar-refractivity contribution in [3.8, 4) is 0 Å². The average Bonchev–Trinajstić information content (AvgIpc) is 2.07. The number of hydrogen-bond acceptors (Lipinski definition) is 1. The second-order valence-corrected chi connectivity index (χ2v) is 2.78. The molecule has 0 radical (unpaired) electrons. The second-order valence-electron chi connectivity index (χ2n) is 2.36. The molecule has 1 aromatic carbocycles. The molecule has 74 valence electrons. The Morgan fingerprint density at radius 2 is 1.69 bits per heavy atom. The summed E-state index contributed by atoms with van der Waals surface area (Å²) in [6.45, 7) is 3.80. The van der Waals surface area contributed by atoms with E-state index in [-0.39, 0.29) is 10.7 Å². The smallest absolute Gasteiger partial charge is 0.221 e. The van der Waals surface area contributed by atoms with Crippen molar-refractivity contribution in [2.45, 2.75) is 20.3 Å². The van der Waals surface area contributed by atoms with Gasteiger partial charge in [-0.1, -0.05) is 42.8 Å². The summed E-state index contributed by atoms with van der Waals surface area (Å²) in [6, 6.07) is 10.3. The summed E-state index contributed by atoms with van der Waals surface area (Å²) in [5.74, 6) is 0. The second kappa shape index (κ2) is 9.23. The normalized spacial score (nSPS) is 7.62. The molecule has 0 aliphatic heterocycles. The molecule has 0 spiro atoms. The molecule has 2 N–H and O–H groups in total. The van der Waals surface area contributed by atoms with E-state index in [4.69, 9.17) is 11.6 Å². The van der Waals surface area contributed by atoms with Crippen LogP contribution < -0.4 is 0 Å². The fourth-order valence-electron chi connectivity index (χ4n) is 0.534. The van der Waals surface area contributed by atoms with Gasteiger partial charge in [-0.25, -0.2) is 0 Å². The number of aryl methyl sites for hydroxylation is 1. The highest BCUT2D eigenvalue weighted by Gasteiger charge is 1.81. The Kier molecular flexibility index (Phi) is 10.4. The average molecular weight is 203 g/mol. The van der Waals surface area contributed by atoms with Crippen LogP contribution in [0.2, 0.25) is 0 Å². The van der Waals surface area contributed by atoms with Gasteiger partial charge in [-0.3, -0.25) is 4.79 Å². The Balaban J connectivity index is 0. The van der Waals surface area contributed by atoms with Gasteiger partial charge in [0.25, 0.3) is 0 Å². The molecule has 0 bridgehead atoms. The van der Waals surface area contributed by atoms with Gasteiger partial charge < -0.3 is 5.48 Å². The van der Waals surface area contributed by atoms with E-state index in [9.17, 15) is 4.79 Å². The molecule has 0 aliphatic rings. The van der Waals surface area contributed by atoms with Gasteiger partial charge in [0.05, 0.1) is 0 Å². The van der Waals surface area contributed by atoms with Crippen molar-refractivity contribution < 1.29 is 10.3 Å². The third-order valence-electron chi connectivity index (χ3n) is 1.22. The highest BCUT2D eigenvalue weighted by molar-refractivity contribution is 6.63. The van der Waals surface area contributed by atoms with Crippen LogP contribution in [0.1, 0.15) is 18.9 Å². The summed E-state index contributed by atoms with van der Waals surface area (Å²) in [5.41, 5.74) is 1.32. The van der Waals surface area contributed by atoms with E-state index < -0.39 is 0 Å². The molecule has 0 aromatic heterocycles. The van der Waals surface area contributed by atoms with Crippen LogP contribution in [0.15, 0.2) is 30.3 Å². The van der Waals surface area contributed by atoms with Gasteiger partial charge in [-0.05, 0) is 18.5 Å². The van der Waals surface area contributed by atoms with E-state index in [0.29, 0.717) is 6.42 Å². The van der Waals surface area contributed by atoms with E-state index in [0.717, 1.165) is 0 Å². The van der Waals surface area contributed by atoms with Crippen molar-refractivity contribution in [3.05, 3.63) is 35.9 Å². The van der Waals surface area contributed by atoms with Crippen LogP contribution in [0.25, 0.3) is 0 Å². The fourth-order valence-corrected chi connectivity index (χ4v) is 0.534. The molecule has 0 fully saturated rings. The molecule has 0 amide bonds. The minimum Gasteiger partial charge on any atom is -0.412 e. The van der Waals surface area contributed by atoms with Crippen LogP contribution in [0.4, 0.5) is 0 Å². The number of halogens is 1. The minimum absolute atomic E-state index is 0. The van der Waals surface area contributed by atoms with Crippen LogP contribution in [0.3, 0.4) is 0 Å². The summed E-state index contributed by atoms with van der Waals surface area (Å²) in [7, 11) is 0. The summed E-state index contributed by atoms with van der Waals surface area (Å²) >= 11 is 4.82. The highest BCUT2D eigenvalue weighted by Crippen LogP contribution is 1.92.